The van der Waals surface area contributed by atoms with Crippen LogP contribution < -0.4 is 5.32 Å². The number of aliphatic carboxylic acids is 1. The molecule has 0 radical (unpaired) electrons. The first-order valence-electron chi connectivity index (χ1n) is 5.28. The third-order valence-corrected chi connectivity index (χ3v) is 2.17. The van der Waals surface area contributed by atoms with Crippen molar-refractivity contribution < 1.29 is 14.7 Å². The normalized spacial score (nSPS) is 11.0. The number of pyridine rings is 1. The number of nitrogens with one attached hydrogen (secondary N) is 1. The summed E-state index contributed by atoms with van der Waals surface area (Å²) in [5.41, 5.74) is 0.242. The molecule has 0 spiro atoms. The van der Waals surface area contributed by atoms with E-state index in [0.717, 1.165) is 5.69 Å². The number of carboxylic acids is 1. The molecule has 1 aromatic rings. The van der Waals surface area contributed by atoms with Crippen LogP contribution in [-0.4, -0.2) is 27.5 Å². The molecule has 5 heteroatoms. The number of amides is 1. The third-order valence-electron chi connectivity index (χ3n) is 2.17. The van der Waals surface area contributed by atoms with Gasteiger partial charge >= 0.3 is 5.97 Å². The van der Waals surface area contributed by atoms with Crippen molar-refractivity contribution in [2.24, 2.45) is 0 Å². The van der Waals surface area contributed by atoms with Crippen LogP contribution in [0, 0.1) is 6.92 Å². The molecule has 17 heavy (non-hydrogen) atoms. The molecule has 0 aliphatic heterocycles. The first kappa shape index (κ1) is 13.2. The fourth-order valence-corrected chi connectivity index (χ4v) is 1.46. The van der Waals surface area contributed by atoms with E-state index in [1.165, 1.54) is 0 Å². The summed E-state index contributed by atoms with van der Waals surface area (Å²) < 4.78 is 0. The number of hydrogen-bond acceptors (Lipinski definition) is 3. The number of carboxylic acid groups (broad SMARTS) is 1. The molecular formula is C12H16N2O3. The van der Waals surface area contributed by atoms with Crippen LogP contribution in [0.15, 0.2) is 18.2 Å². The highest BCUT2D eigenvalue weighted by Crippen LogP contribution is 2.09. The summed E-state index contributed by atoms with van der Waals surface area (Å²) in [5, 5.41) is 11.4. The molecule has 0 aliphatic rings. The molecule has 0 atom stereocenters. The fourth-order valence-electron chi connectivity index (χ4n) is 1.46. The molecule has 5 nitrogen and oxygen atoms in total. The van der Waals surface area contributed by atoms with Gasteiger partial charge in [0.2, 0.25) is 0 Å². The molecule has 0 aliphatic carbocycles. The molecular weight excluding hydrogens is 220 g/mol. The van der Waals surface area contributed by atoms with Crippen molar-refractivity contribution >= 4 is 11.9 Å². The topological polar surface area (TPSA) is 79.3 Å². The number of carbonyl (C=O) groups is 2. The van der Waals surface area contributed by atoms with Gasteiger partial charge in [-0.1, -0.05) is 6.07 Å². The molecule has 2 N–H and O–H groups in total. The maximum atomic E-state index is 11.8. The van der Waals surface area contributed by atoms with E-state index in [4.69, 9.17) is 5.11 Å². The van der Waals surface area contributed by atoms with Gasteiger partial charge in [0.1, 0.15) is 5.69 Å². The lowest BCUT2D eigenvalue weighted by Crippen LogP contribution is -2.45. The Morgan fingerprint density at radius 1 is 1.41 bits per heavy atom. The van der Waals surface area contributed by atoms with E-state index in [1.54, 1.807) is 39.0 Å². The minimum atomic E-state index is -0.951. The standard InChI is InChI=1S/C12H16N2O3/c1-8-5-4-6-9(13-8)11(17)14-12(2,3)7-10(15)16/h4-6H,7H2,1-3H3,(H,14,17)(H,15,16). The van der Waals surface area contributed by atoms with Gasteiger partial charge < -0.3 is 10.4 Å². The van der Waals surface area contributed by atoms with Crippen LogP contribution in [0.5, 0.6) is 0 Å². The lowest BCUT2D eigenvalue weighted by Gasteiger charge is -2.23. The van der Waals surface area contributed by atoms with Crippen LogP contribution in [0.2, 0.25) is 0 Å². The van der Waals surface area contributed by atoms with Gasteiger partial charge in [-0.3, -0.25) is 9.59 Å². The van der Waals surface area contributed by atoms with E-state index in [1.807, 2.05) is 0 Å². The predicted octanol–water partition coefficient (Wildman–Crippen LogP) is 1.37. The minimum absolute atomic E-state index is 0.134. The molecule has 1 heterocycles. The van der Waals surface area contributed by atoms with Crippen LogP contribution in [-0.2, 0) is 4.79 Å². The summed E-state index contributed by atoms with van der Waals surface area (Å²) in [7, 11) is 0. The van der Waals surface area contributed by atoms with Crippen molar-refractivity contribution in [3.63, 3.8) is 0 Å². The Bertz CT molecular complexity index is 441. The number of aryl methyl sites for hydroxylation is 1. The Balaban J connectivity index is 2.75. The van der Waals surface area contributed by atoms with E-state index in [-0.39, 0.29) is 12.3 Å². The summed E-state index contributed by atoms with van der Waals surface area (Å²) in [6, 6.07) is 5.12. The van der Waals surface area contributed by atoms with Crippen molar-refractivity contribution in [1.29, 1.82) is 0 Å². The maximum Gasteiger partial charge on any atom is 0.305 e. The van der Waals surface area contributed by atoms with Gasteiger partial charge in [-0.25, -0.2) is 4.98 Å². The summed E-state index contributed by atoms with van der Waals surface area (Å²) in [6.07, 6.45) is -0.134. The average Bonchev–Trinajstić information content (AvgIpc) is 2.14. The van der Waals surface area contributed by atoms with Gasteiger partial charge in [-0.05, 0) is 32.9 Å². The number of aromatic nitrogens is 1. The van der Waals surface area contributed by atoms with Crippen LogP contribution in [0.1, 0.15) is 36.5 Å². The van der Waals surface area contributed by atoms with Crippen molar-refractivity contribution in [3.05, 3.63) is 29.6 Å². The molecule has 92 valence electrons. The molecule has 0 bridgehead atoms. The van der Waals surface area contributed by atoms with Gasteiger partial charge in [0.05, 0.1) is 6.42 Å². The van der Waals surface area contributed by atoms with E-state index < -0.39 is 11.5 Å². The second-order valence-electron chi connectivity index (χ2n) is 4.57. The van der Waals surface area contributed by atoms with Crippen LogP contribution in [0.25, 0.3) is 0 Å². The molecule has 0 fully saturated rings. The first-order valence-corrected chi connectivity index (χ1v) is 5.28. The summed E-state index contributed by atoms with van der Waals surface area (Å²) in [4.78, 5) is 26.5. The number of rotatable bonds is 4. The summed E-state index contributed by atoms with van der Waals surface area (Å²) in [6.45, 7) is 5.11. The van der Waals surface area contributed by atoms with E-state index >= 15 is 0 Å². The number of hydrogen-bond donors (Lipinski definition) is 2. The Hall–Kier alpha value is -1.91. The lowest BCUT2D eigenvalue weighted by atomic mass is 10.0. The van der Waals surface area contributed by atoms with Crippen LogP contribution >= 0.6 is 0 Å². The van der Waals surface area contributed by atoms with Crippen molar-refractivity contribution in [3.8, 4) is 0 Å². The molecule has 0 saturated carbocycles. The fraction of sp³-hybridized carbons (Fsp3) is 0.417. The average molecular weight is 236 g/mol. The molecule has 1 aromatic heterocycles. The Kier molecular flexibility index (Phi) is 3.83. The van der Waals surface area contributed by atoms with Gasteiger partial charge in [0.15, 0.2) is 0 Å². The highest BCUT2D eigenvalue weighted by atomic mass is 16.4. The largest absolute Gasteiger partial charge is 0.481 e. The van der Waals surface area contributed by atoms with Gasteiger partial charge in [0, 0.05) is 11.2 Å². The molecule has 1 rings (SSSR count). The SMILES string of the molecule is Cc1cccc(C(=O)NC(C)(C)CC(=O)O)n1. The van der Waals surface area contributed by atoms with Crippen LogP contribution in [0.4, 0.5) is 0 Å². The highest BCUT2D eigenvalue weighted by molar-refractivity contribution is 5.93. The molecule has 0 unspecified atom stereocenters. The number of nitrogens with zero attached hydrogens (tertiary/aromatic N) is 1. The third kappa shape index (κ3) is 4.22. The van der Waals surface area contributed by atoms with Crippen molar-refractivity contribution in [1.82, 2.24) is 10.3 Å². The Morgan fingerprint density at radius 2 is 2.06 bits per heavy atom. The van der Waals surface area contributed by atoms with Crippen LogP contribution in [0.3, 0.4) is 0 Å². The second-order valence-corrected chi connectivity index (χ2v) is 4.57. The predicted molar refractivity (Wildman–Crippen MR) is 62.8 cm³/mol. The number of carbonyl (C=O) groups excluding carboxylic acids is 1. The minimum Gasteiger partial charge on any atom is -0.481 e. The van der Waals surface area contributed by atoms with Crippen molar-refractivity contribution in [2.75, 3.05) is 0 Å². The lowest BCUT2D eigenvalue weighted by molar-refractivity contribution is -0.138. The smallest absolute Gasteiger partial charge is 0.305 e. The monoisotopic (exact) mass is 236 g/mol. The zero-order valence-corrected chi connectivity index (χ0v) is 10.2. The van der Waals surface area contributed by atoms with E-state index in [0.29, 0.717) is 5.69 Å². The van der Waals surface area contributed by atoms with E-state index in [9.17, 15) is 9.59 Å². The highest BCUT2D eigenvalue weighted by Gasteiger charge is 2.24. The summed E-state index contributed by atoms with van der Waals surface area (Å²) >= 11 is 0. The Labute approximate surface area is 99.9 Å². The van der Waals surface area contributed by atoms with Gasteiger partial charge in [0.25, 0.3) is 5.91 Å². The molecule has 0 aromatic carbocycles. The Morgan fingerprint density at radius 3 is 2.59 bits per heavy atom. The zero-order chi connectivity index (χ0) is 13.1. The quantitative estimate of drug-likeness (QED) is 0.827. The second kappa shape index (κ2) is 4.95. The summed E-state index contributed by atoms with van der Waals surface area (Å²) in [5.74, 6) is -1.31. The molecule has 1 amide bonds. The maximum absolute atomic E-state index is 11.8. The van der Waals surface area contributed by atoms with Crippen molar-refractivity contribution in [2.45, 2.75) is 32.7 Å². The zero-order valence-electron chi connectivity index (χ0n) is 10.2. The van der Waals surface area contributed by atoms with Gasteiger partial charge in [-0.15, -0.1) is 0 Å². The molecule has 0 saturated heterocycles. The van der Waals surface area contributed by atoms with E-state index in [2.05, 4.69) is 10.3 Å². The first-order chi connectivity index (χ1) is 7.80. The van der Waals surface area contributed by atoms with Gasteiger partial charge in [-0.2, -0.15) is 0 Å².